The lowest BCUT2D eigenvalue weighted by atomic mass is 10.1. The predicted octanol–water partition coefficient (Wildman–Crippen LogP) is 2.04. The van der Waals surface area contributed by atoms with Crippen molar-refractivity contribution in [2.75, 3.05) is 0 Å². The van der Waals surface area contributed by atoms with E-state index in [1.54, 1.807) is 18.2 Å². The average molecular weight is 351 g/mol. The van der Waals surface area contributed by atoms with E-state index in [0.29, 0.717) is 17.5 Å². The molecule has 0 aliphatic heterocycles. The fraction of sp³-hybridized carbons (Fsp3) is 0.167. The number of hydrogen-bond donors (Lipinski definition) is 1. The number of amides is 1. The molecular formula is C18H13N3O3S. The van der Waals surface area contributed by atoms with Gasteiger partial charge in [0.1, 0.15) is 0 Å². The van der Waals surface area contributed by atoms with Crippen molar-refractivity contribution in [1.29, 1.82) is 10.5 Å². The molecule has 6 nitrogen and oxygen atoms in total. The van der Waals surface area contributed by atoms with Crippen molar-refractivity contribution in [2.24, 2.45) is 5.92 Å². The summed E-state index contributed by atoms with van der Waals surface area (Å²) in [7, 11) is -3.97. The summed E-state index contributed by atoms with van der Waals surface area (Å²) in [6.45, 7) is 0. The molecule has 2 aromatic rings. The van der Waals surface area contributed by atoms with Gasteiger partial charge < -0.3 is 0 Å². The summed E-state index contributed by atoms with van der Waals surface area (Å²) in [5.41, 5.74) is 1.70. The molecule has 0 unspecified atom stereocenters. The molecule has 1 N–H and O–H groups in total. The van der Waals surface area contributed by atoms with E-state index in [0.717, 1.165) is 5.56 Å². The number of nitrogens with zero attached hydrogens (tertiary/aromatic N) is 2. The van der Waals surface area contributed by atoms with E-state index in [2.05, 4.69) is 4.72 Å². The van der Waals surface area contributed by atoms with Gasteiger partial charge in [-0.3, -0.25) is 4.79 Å². The Morgan fingerprint density at radius 1 is 1.04 bits per heavy atom. The zero-order valence-corrected chi connectivity index (χ0v) is 13.8. The Kier molecular flexibility index (Phi) is 4.26. The minimum absolute atomic E-state index is 0.0662. The van der Waals surface area contributed by atoms with Gasteiger partial charge in [-0.25, -0.2) is 13.1 Å². The summed E-state index contributed by atoms with van der Waals surface area (Å²) >= 11 is 0. The maximum Gasteiger partial charge on any atom is 0.264 e. The minimum Gasteiger partial charge on any atom is -0.274 e. The van der Waals surface area contributed by atoms with Crippen LogP contribution in [0.25, 0.3) is 0 Å². The number of rotatable bonds is 4. The Bertz CT molecular complexity index is 1010. The first-order chi connectivity index (χ1) is 11.9. The van der Waals surface area contributed by atoms with Crippen LogP contribution < -0.4 is 4.72 Å². The molecule has 0 radical (unpaired) electrons. The summed E-state index contributed by atoms with van der Waals surface area (Å²) in [5, 5.41) is 17.7. The number of carbonyl (C=O) groups excluding carboxylic acids is 1. The molecule has 1 fully saturated rings. The molecule has 0 saturated heterocycles. The molecular weight excluding hydrogens is 338 g/mol. The molecule has 7 heteroatoms. The molecule has 0 spiro atoms. The second kappa shape index (κ2) is 6.39. The van der Waals surface area contributed by atoms with Crippen LogP contribution in [-0.2, 0) is 14.8 Å². The van der Waals surface area contributed by atoms with E-state index >= 15 is 0 Å². The number of nitriles is 2. The number of nitrogens with one attached hydrogen (secondary N) is 1. The van der Waals surface area contributed by atoms with Crippen LogP contribution in [0.3, 0.4) is 0 Å². The first-order valence-corrected chi connectivity index (χ1v) is 9.00. The van der Waals surface area contributed by atoms with E-state index in [-0.39, 0.29) is 10.8 Å². The summed E-state index contributed by atoms with van der Waals surface area (Å²) in [5.74, 6) is -1.07. The third-order valence-corrected chi connectivity index (χ3v) is 5.46. The van der Waals surface area contributed by atoms with E-state index in [1.165, 1.54) is 24.3 Å². The lowest BCUT2D eigenvalue weighted by Crippen LogP contribution is -2.32. The van der Waals surface area contributed by atoms with Crippen LogP contribution >= 0.6 is 0 Å². The van der Waals surface area contributed by atoms with E-state index in [9.17, 15) is 13.2 Å². The van der Waals surface area contributed by atoms with Crippen molar-refractivity contribution >= 4 is 15.9 Å². The topological polar surface area (TPSA) is 111 Å². The fourth-order valence-electron chi connectivity index (χ4n) is 2.67. The Labute approximate surface area is 145 Å². The number of benzene rings is 2. The van der Waals surface area contributed by atoms with E-state index in [4.69, 9.17) is 10.5 Å². The second-order valence-corrected chi connectivity index (χ2v) is 7.47. The molecule has 0 bridgehead atoms. The highest BCUT2D eigenvalue weighted by Crippen LogP contribution is 2.47. The first kappa shape index (κ1) is 16.7. The lowest BCUT2D eigenvalue weighted by molar-refractivity contribution is -0.120. The molecule has 25 heavy (non-hydrogen) atoms. The van der Waals surface area contributed by atoms with Gasteiger partial charge in [-0.05, 0) is 54.3 Å². The van der Waals surface area contributed by atoms with E-state index < -0.39 is 21.8 Å². The van der Waals surface area contributed by atoms with Crippen molar-refractivity contribution in [3.05, 3.63) is 65.2 Å². The van der Waals surface area contributed by atoms with Gasteiger partial charge in [0.25, 0.3) is 10.0 Å². The molecule has 2 aromatic carbocycles. The average Bonchev–Trinajstić information content (AvgIpc) is 3.42. The third kappa shape index (κ3) is 3.52. The van der Waals surface area contributed by atoms with Crippen LogP contribution in [0.4, 0.5) is 0 Å². The zero-order chi connectivity index (χ0) is 18.0. The van der Waals surface area contributed by atoms with Crippen LogP contribution in [-0.4, -0.2) is 14.3 Å². The van der Waals surface area contributed by atoms with Crippen LogP contribution in [0.5, 0.6) is 0 Å². The first-order valence-electron chi connectivity index (χ1n) is 7.51. The van der Waals surface area contributed by atoms with Gasteiger partial charge in [0.2, 0.25) is 5.91 Å². The van der Waals surface area contributed by atoms with Gasteiger partial charge in [-0.2, -0.15) is 10.5 Å². The highest BCUT2D eigenvalue weighted by molar-refractivity contribution is 7.90. The van der Waals surface area contributed by atoms with Crippen molar-refractivity contribution in [2.45, 2.75) is 17.2 Å². The summed E-state index contributed by atoms with van der Waals surface area (Å²) in [4.78, 5) is 12.2. The standard InChI is InChI=1S/C18H13N3O3S/c19-10-12-4-6-15(7-5-12)25(23,24)21-18(22)17-9-16(17)14-3-1-2-13(8-14)11-20/h1-8,16-17H,9H2,(H,21,22)/t16-,17-/m0/s1. The van der Waals surface area contributed by atoms with Crippen molar-refractivity contribution in [1.82, 2.24) is 4.72 Å². The van der Waals surface area contributed by atoms with Gasteiger partial charge in [0.15, 0.2) is 0 Å². The van der Waals surface area contributed by atoms with Crippen molar-refractivity contribution in [3.63, 3.8) is 0 Å². The molecule has 3 rings (SSSR count). The largest absolute Gasteiger partial charge is 0.274 e. The molecule has 0 heterocycles. The summed E-state index contributed by atoms with van der Waals surface area (Å²) < 4.78 is 26.6. The van der Waals surface area contributed by atoms with Crippen LogP contribution in [0.2, 0.25) is 0 Å². The van der Waals surface area contributed by atoms with Crippen LogP contribution in [0.15, 0.2) is 53.4 Å². The molecule has 124 valence electrons. The van der Waals surface area contributed by atoms with Crippen LogP contribution in [0.1, 0.15) is 29.0 Å². The maximum absolute atomic E-state index is 12.3. The normalized spacial score (nSPS) is 18.6. The smallest absolute Gasteiger partial charge is 0.264 e. The van der Waals surface area contributed by atoms with Gasteiger partial charge in [-0.1, -0.05) is 12.1 Å². The van der Waals surface area contributed by atoms with Gasteiger partial charge >= 0.3 is 0 Å². The highest BCUT2D eigenvalue weighted by Gasteiger charge is 2.45. The fourth-order valence-corrected chi connectivity index (χ4v) is 3.70. The lowest BCUT2D eigenvalue weighted by Gasteiger charge is -2.07. The van der Waals surface area contributed by atoms with E-state index in [1.807, 2.05) is 18.2 Å². The Balaban J connectivity index is 1.70. The van der Waals surface area contributed by atoms with Gasteiger partial charge in [-0.15, -0.1) is 0 Å². The molecule has 0 aromatic heterocycles. The Hall–Kier alpha value is -3.16. The van der Waals surface area contributed by atoms with Crippen LogP contribution in [0, 0.1) is 28.6 Å². The van der Waals surface area contributed by atoms with Gasteiger partial charge in [0, 0.05) is 5.92 Å². The summed E-state index contributed by atoms with van der Waals surface area (Å²) in [6, 6.07) is 16.2. The van der Waals surface area contributed by atoms with Crippen molar-refractivity contribution in [3.8, 4) is 12.1 Å². The number of hydrogen-bond acceptors (Lipinski definition) is 5. The zero-order valence-electron chi connectivity index (χ0n) is 13.0. The second-order valence-electron chi connectivity index (χ2n) is 5.79. The molecule has 1 aliphatic carbocycles. The number of sulfonamides is 1. The molecule has 1 saturated carbocycles. The predicted molar refractivity (Wildman–Crippen MR) is 88.5 cm³/mol. The highest BCUT2D eigenvalue weighted by atomic mass is 32.2. The Morgan fingerprint density at radius 3 is 2.36 bits per heavy atom. The molecule has 1 amide bonds. The molecule has 1 aliphatic rings. The monoisotopic (exact) mass is 351 g/mol. The van der Waals surface area contributed by atoms with Gasteiger partial charge in [0.05, 0.1) is 28.2 Å². The maximum atomic E-state index is 12.3. The SMILES string of the molecule is N#Cc1ccc(S(=O)(=O)NC(=O)[C@H]2C[C@H]2c2cccc(C#N)c2)cc1. The quantitative estimate of drug-likeness (QED) is 0.906. The number of carbonyl (C=O) groups is 1. The molecule has 2 atom stereocenters. The Morgan fingerprint density at radius 2 is 1.72 bits per heavy atom. The van der Waals surface area contributed by atoms with Crippen molar-refractivity contribution < 1.29 is 13.2 Å². The minimum atomic E-state index is -3.97. The third-order valence-electron chi connectivity index (χ3n) is 4.10. The summed E-state index contributed by atoms with van der Waals surface area (Å²) in [6.07, 6.45) is 0.545.